The van der Waals surface area contributed by atoms with Crippen LogP contribution < -0.4 is 9.47 Å². The van der Waals surface area contributed by atoms with Crippen molar-refractivity contribution in [2.45, 2.75) is 155 Å². The summed E-state index contributed by atoms with van der Waals surface area (Å²) in [6.45, 7) is 6.21. The van der Waals surface area contributed by atoms with Gasteiger partial charge >= 0.3 is 5.97 Å². The minimum atomic E-state index is -0.164. The van der Waals surface area contributed by atoms with Crippen molar-refractivity contribution < 1.29 is 19.0 Å². The zero-order valence-corrected chi connectivity index (χ0v) is 27.0. The fourth-order valence-corrected chi connectivity index (χ4v) is 4.99. The maximum absolute atomic E-state index is 12.0. The highest BCUT2D eigenvalue weighted by Crippen LogP contribution is 2.25. The number of hydrogen-bond donors (Lipinski definition) is 0. The van der Waals surface area contributed by atoms with E-state index < -0.39 is 0 Å². The van der Waals surface area contributed by atoms with Crippen molar-refractivity contribution in [1.29, 1.82) is 0 Å². The Hall–Kier alpha value is -1.23. The van der Waals surface area contributed by atoms with Crippen molar-refractivity contribution in [1.82, 2.24) is 0 Å². The fraction of sp³-hybridized carbons (Fsp3) is 0.794. The SMILES string of the molecule is CCCCCCCCCCCCOc1cc(COC(=O)CCCBr)cc(OCCCCCCCCCCC)c1. The lowest BCUT2D eigenvalue weighted by atomic mass is 10.1. The molecule has 1 rings (SSSR count). The van der Waals surface area contributed by atoms with Crippen LogP contribution in [0.4, 0.5) is 0 Å². The van der Waals surface area contributed by atoms with E-state index in [0.717, 1.165) is 41.7 Å². The van der Waals surface area contributed by atoms with Gasteiger partial charge in [0.1, 0.15) is 18.1 Å². The molecule has 0 aromatic heterocycles. The van der Waals surface area contributed by atoms with Gasteiger partial charge in [-0.2, -0.15) is 0 Å². The van der Waals surface area contributed by atoms with Gasteiger partial charge in [0.25, 0.3) is 0 Å². The third kappa shape index (κ3) is 22.2. The van der Waals surface area contributed by atoms with Crippen LogP contribution in [0.25, 0.3) is 0 Å². The summed E-state index contributed by atoms with van der Waals surface area (Å²) in [5, 5.41) is 0.807. The van der Waals surface area contributed by atoms with Crippen LogP contribution in [-0.2, 0) is 16.1 Å². The van der Waals surface area contributed by atoms with Gasteiger partial charge in [-0.3, -0.25) is 4.79 Å². The Kier molecular flexibility index (Phi) is 24.8. The quantitative estimate of drug-likeness (QED) is 0.0537. The lowest BCUT2D eigenvalue weighted by molar-refractivity contribution is -0.144. The van der Waals surface area contributed by atoms with Gasteiger partial charge in [0, 0.05) is 17.8 Å². The summed E-state index contributed by atoms with van der Waals surface area (Å²) in [7, 11) is 0. The molecule has 0 fully saturated rings. The van der Waals surface area contributed by atoms with E-state index in [2.05, 4.69) is 29.8 Å². The summed E-state index contributed by atoms with van der Waals surface area (Å²) in [5.41, 5.74) is 0.921. The Bertz CT molecular complexity index is 694. The average Bonchev–Trinajstić information content (AvgIpc) is 2.94. The lowest BCUT2D eigenvalue weighted by Gasteiger charge is -2.13. The zero-order chi connectivity index (χ0) is 28.2. The monoisotopic (exact) mass is 610 g/mol. The smallest absolute Gasteiger partial charge is 0.306 e. The lowest BCUT2D eigenvalue weighted by Crippen LogP contribution is -2.06. The molecule has 0 saturated carbocycles. The number of ether oxygens (including phenoxy) is 3. The normalized spacial score (nSPS) is 11.1. The molecule has 0 N–H and O–H groups in total. The van der Waals surface area contributed by atoms with Crippen molar-refractivity contribution in [2.75, 3.05) is 18.5 Å². The number of carbonyl (C=O) groups excluding carboxylic acids is 1. The maximum atomic E-state index is 12.0. The number of alkyl halides is 1. The molecule has 0 spiro atoms. The van der Waals surface area contributed by atoms with Crippen molar-refractivity contribution in [3.05, 3.63) is 23.8 Å². The van der Waals surface area contributed by atoms with E-state index in [9.17, 15) is 4.79 Å². The molecule has 39 heavy (non-hydrogen) atoms. The fourth-order valence-electron chi connectivity index (χ4n) is 4.71. The largest absolute Gasteiger partial charge is 0.493 e. The third-order valence-corrected chi connectivity index (χ3v) is 7.70. The van der Waals surface area contributed by atoms with E-state index in [1.54, 1.807) is 0 Å². The van der Waals surface area contributed by atoms with Crippen molar-refractivity contribution in [2.24, 2.45) is 0 Å². The molecule has 0 aliphatic rings. The van der Waals surface area contributed by atoms with Gasteiger partial charge in [-0.05, 0) is 37.0 Å². The topological polar surface area (TPSA) is 44.8 Å². The Labute approximate surface area is 249 Å². The van der Waals surface area contributed by atoms with Crippen molar-refractivity contribution >= 4 is 21.9 Å². The van der Waals surface area contributed by atoms with Gasteiger partial charge in [-0.15, -0.1) is 0 Å². The molecule has 0 bridgehead atoms. The van der Waals surface area contributed by atoms with E-state index in [-0.39, 0.29) is 12.6 Å². The zero-order valence-electron chi connectivity index (χ0n) is 25.4. The Morgan fingerprint density at radius 2 is 1.00 bits per heavy atom. The predicted molar refractivity (Wildman–Crippen MR) is 169 cm³/mol. The molecule has 0 aliphatic carbocycles. The molecule has 1 aromatic rings. The highest BCUT2D eigenvalue weighted by molar-refractivity contribution is 9.09. The van der Waals surface area contributed by atoms with Crippen LogP contribution in [0.5, 0.6) is 11.5 Å². The van der Waals surface area contributed by atoms with Gasteiger partial charge in [-0.1, -0.05) is 139 Å². The number of rotatable bonds is 28. The predicted octanol–water partition coefficient (Wildman–Crippen LogP) is 11.1. The number of hydrogen-bond acceptors (Lipinski definition) is 4. The van der Waals surface area contributed by atoms with Crippen LogP contribution in [0, 0.1) is 0 Å². The Morgan fingerprint density at radius 1 is 0.590 bits per heavy atom. The van der Waals surface area contributed by atoms with Crippen LogP contribution in [-0.4, -0.2) is 24.5 Å². The molecule has 0 radical (unpaired) electrons. The molecule has 0 amide bonds. The maximum Gasteiger partial charge on any atom is 0.306 e. The van der Waals surface area contributed by atoms with Crippen molar-refractivity contribution in [3.8, 4) is 11.5 Å². The first-order chi connectivity index (χ1) is 19.2. The number of carbonyl (C=O) groups is 1. The number of unbranched alkanes of at least 4 members (excludes halogenated alkanes) is 17. The summed E-state index contributed by atoms with van der Waals surface area (Å²) in [6.07, 6.45) is 26.0. The Morgan fingerprint density at radius 3 is 1.41 bits per heavy atom. The third-order valence-electron chi connectivity index (χ3n) is 7.14. The first kappa shape index (κ1) is 35.8. The van der Waals surface area contributed by atoms with E-state index in [4.69, 9.17) is 14.2 Å². The Balaban J connectivity index is 2.38. The van der Waals surface area contributed by atoms with E-state index >= 15 is 0 Å². The minimum absolute atomic E-state index is 0.164. The van der Waals surface area contributed by atoms with Crippen LogP contribution in [0.1, 0.15) is 154 Å². The molecule has 0 unspecified atom stereocenters. The van der Waals surface area contributed by atoms with E-state index in [1.165, 1.54) is 109 Å². The summed E-state index contributed by atoms with van der Waals surface area (Å²) >= 11 is 3.37. The highest BCUT2D eigenvalue weighted by atomic mass is 79.9. The van der Waals surface area contributed by atoms with Crippen LogP contribution in [0.2, 0.25) is 0 Å². The van der Waals surface area contributed by atoms with Gasteiger partial charge in [0.05, 0.1) is 13.2 Å². The first-order valence-electron chi connectivity index (χ1n) is 16.3. The molecule has 0 saturated heterocycles. The van der Waals surface area contributed by atoms with Crippen LogP contribution >= 0.6 is 15.9 Å². The molecule has 1 aromatic carbocycles. The molecule has 226 valence electrons. The second-order valence-corrected chi connectivity index (χ2v) is 11.8. The second kappa shape index (κ2) is 27.0. The molecule has 5 heteroatoms. The number of halogens is 1. The van der Waals surface area contributed by atoms with Gasteiger partial charge in [0.2, 0.25) is 0 Å². The number of esters is 1. The van der Waals surface area contributed by atoms with E-state index in [0.29, 0.717) is 19.6 Å². The minimum Gasteiger partial charge on any atom is -0.493 e. The van der Waals surface area contributed by atoms with Gasteiger partial charge in [-0.25, -0.2) is 0 Å². The number of benzene rings is 1. The van der Waals surface area contributed by atoms with Gasteiger partial charge < -0.3 is 14.2 Å². The summed E-state index contributed by atoms with van der Waals surface area (Å²) in [4.78, 5) is 12.0. The molecular weight excluding hydrogens is 552 g/mol. The summed E-state index contributed by atoms with van der Waals surface area (Å²) in [5.74, 6) is 1.45. The molecule has 0 aliphatic heterocycles. The summed E-state index contributed by atoms with van der Waals surface area (Å²) in [6, 6.07) is 5.96. The standard InChI is InChI=1S/C34H59BrO4/c1-3-5-7-9-11-13-15-17-19-21-26-38-33-28-31(30-39-34(36)23-22-24-35)27-32(29-33)37-25-20-18-16-14-12-10-8-6-4-2/h27-29H,3-26,30H2,1-2H3. The second-order valence-electron chi connectivity index (χ2n) is 11.0. The molecule has 0 heterocycles. The summed E-state index contributed by atoms with van der Waals surface area (Å²) < 4.78 is 17.7. The van der Waals surface area contributed by atoms with Crippen LogP contribution in [0.15, 0.2) is 18.2 Å². The van der Waals surface area contributed by atoms with Crippen LogP contribution in [0.3, 0.4) is 0 Å². The highest BCUT2D eigenvalue weighted by Gasteiger charge is 2.08. The van der Waals surface area contributed by atoms with Crippen molar-refractivity contribution in [3.63, 3.8) is 0 Å². The average molecular weight is 612 g/mol. The first-order valence-corrected chi connectivity index (χ1v) is 17.4. The molecular formula is C34H59BrO4. The van der Waals surface area contributed by atoms with Gasteiger partial charge in [0.15, 0.2) is 0 Å². The van der Waals surface area contributed by atoms with E-state index in [1.807, 2.05) is 18.2 Å². The molecule has 0 atom stereocenters. The molecule has 4 nitrogen and oxygen atoms in total.